The van der Waals surface area contributed by atoms with Crippen molar-refractivity contribution in [3.05, 3.63) is 64.7 Å². The first-order chi connectivity index (χ1) is 11.4. The van der Waals surface area contributed by atoms with E-state index in [9.17, 15) is 5.11 Å². The zero-order chi connectivity index (χ0) is 18.2. The molecule has 128 valence electrons. The molecule has 0 saturated heterocycles. The Labute approximate surface area is 163 Å². The van der Waals surface area contributed by atoms with E-state index in [1.807, 2.05) is 38.1 Å². The van der Waals surface area contributed by atoms with Crippen molar-refractivity contribution in [1.82, 2.24) is 0 Å². The van der Waals surface area contributed by atoms with E-state index < -0.39 is 20.8 Å². The van der Waals surface area contributed by atoms with Gasteiger partial charge in [-0.05, 0) is 31.0 Å². The Balaban J connectivity index is 0.000000891. The predicted molar refractivity (Wildman–Crippen MR) is 101 cm³/mol. The monoisotopic (exact) mass is 441 g/mol. The molecule has 0 aliphatic carbocycles. The summed E-state index contributed by atoms with van der Waals surface area (Å²) in [7, 11) is 9.87. The van der Waals surface area contributed by atoms with Crippen LogP contribution in [0.1, 0.15) is 43.0 Å². The first-order valence-electron chi connectivity index (χ1n) is 7.74. The van der Waals surface area contributed by atoms with Crippen LogP contribution < -0.4 is 0 Å². The van der Waals surface area contributed by atoms with Crippen LogP contribution >= 0.6 is 17.0 Å². The molecule has 0 aliphatic rings. The maximum absolute atomic E-state index is 10.6. The molecule has 2 rings (SSSR count). The van der Waals surface area contributed by atoms with Crippen molar-refractivity contribution >= 4 is 23.2 Å². The second-order valence-corrected chi connectivity index (χ2v) is 9.67. The number of phenols is 1. The summed E-state index contributed by atoms with van der Waals surface area (Å²) >= 11 is -0.826. The molecule has 2 aromatic carbocycles. The molecular weight excluding hydrogens is 420 g/mol. The number of nitrogens with zero attached hydrogens (tertiary/aromatic N) is 1. The molecule has 0 spiro atoms. The Morgan fingerprint density at radius 1 is 1.17 bits per heavy atom. The van der Waals surface area contributed by atoms with Gasteiger partial charge in [0.25, 0.3) is 0 Å². The van der Waals surface area contributed by atoms with E-state index in [1.165, 1.54) is 5.56 Å². The summed E-state index contributed by atoms with van der Waals surface area (Å²) < 4.78 is 0. The van der Waals surface area contributed by atoms with E-state index in [0.29, 0.717) is 12.3 Å². The van der Waals surface area contributed by atoms with Crippen LogP contribution in [0.25, 0.3) is 0 Å². The van der Waals surface area contributed by atoms with Crippen molar-refractivity contribution in [2.24, 2.45) is 4.99 Å². The van der Waals surface area contributed by atoms with E-state index in [-0.39, 0.29) is 5.41 Å². The fourth-order valence-corrected chi connectivity index (χ4v) is 2.58. The van der Waals surface area contributed by atoms with Crippen molar-refractivity contribution in [2.45, 2.75) is 33.1 Å². The zero-order valence-corrected chi connectivity index (χ0v) is 18.4. The molecule has 0 aromatic heterocycles. The van der Waals surface area contributed by atoms with Gasteiger partial charge in [0.2, 0.25) is 0 Å². The van der Waals surface area contributed by atoms with Crippen LogP contribution in [0.5, 0.6) is 5.75 Å². The van der Waals surface area contributed by atoms with Crippen molar-refractivity contribution in [1.29, 1.82) is 0 Å². The molecule has 24 heavy (non-hydrogen) atoms. The molecular formula is C19H23Cl2NOZr. The molecule has 2 aromatic rings. The molecule has 1 N–H and O–H groups in total. The first kappa shape index (κ1) is 21.4. The second kappa shape index (κ2) is 10.4. The van der Waals surface area contributed by atoms with E-state index in [0.717, 1.165) is 16.7 Å². The Morgan fingerprint density at radius 2 is 1.75 bits per heavy atom. The maximum atomic E-state index is 10.6. The van der Waals surface area contributed by atoms with Gasteiger partial charge >= 0.3 is 37.9 Å². The molecule has 0 atom stereocenters. The average Bonchev–Trinajstić information content (AvgIpc) is 2.56. The molecule has 0 unspecified atom stereocenters. The summed E-state index contributed by atoms with van der Waals surface area (Å²) in [5.41, 5.74) is 3.78. The van der Waals surface area contributed by atoms with E-state index in [4.69, 9.17) is 17.0 Å². The van der Waals surface area contributed by atoms with Gasteiger partial charge in [0.15, 0.2) is 0 Å². The minimum atomic E-state index is -0.826. The summed E-state index contributed by atoms with van der Waals surface area (Å²) in [6.45, 7) is 9.02. The molecule has 2 nitrogen and oxygen atoms in total. The van der Waals surface area contributed by atoms with Crippen LogP contribution in [-0.4, -0.2) is 17.9 Å². The number of aromatic hydroxyl groups is 1. The van der Waals surface area contributed by atoms with Crippen LogP contribution in [0.15, 0.2) is 47.5 Å². The van der Waals surface area contributed by atoms with Crippen LogP contribution in [0, 0.1) is 6.92 Å². The zero-order valence-electron chi connectivity index (χ0n) is 14.5. The van der Waals surface area contributed by atoms with Gasteiger partial charge in [-0.1, -0.05) is 50.2 Å². The molecule has 0 radical (unpaired) electrons. The molecule has 0 bridgehead atoms. The van der Waals surface area contributed by atoms with Crippen molar-refractivity contribution < 1.29 is 26.0 Å². The molecule has 0 aliphatic heterocycles. The van der Waals surface area contributed by atoms with Crippen LogP contribution in [0.3, 0.4) is 0 Å². The quantitative estimate of drug-likeness (QED) is 0.592. The van der Waals surface area contributed by atoms with Crippen LogP contribution in [-0.2, 0) is 26.3 Å². The summed E-state index contributed by atoms with van der Waals surface area (Å²) in [6.07, 6.45) is 1.76. The summed E-state index contributed by atoms with van der Waals surface area (Å²) in [6, 6.07) is 14.3. The summed E-state index contributed by atoms with van der Waals surface area (Å²) in [5.74, 6) is 0.326. The normalized spacial score (nSPS) is 11.1. The Morgan fingerprint density at radius 3 is 2.29 bits per heavy atom. The van der Waals surface area contributed by atoms with Gasteiger partial charge in [0, 0.05) is 29.3 Å². The van der Waals surface area contributed by atoms with Gasteiger partial charge in [0.05, 0.1) is 0 Å². The van der Waals surface area contributed by atoms with Gasteiger partial charge < -0.3 is 5.11 Å². The van der Waals surface area contributed by atoms with Gasteiger partial charge in [0.1, 0.15) is 5.75 Å². The number of hydrogen-bond acceptors (Lipinski definition) is 2. The van der Waals surface area contributed by atoms with Gasteiger partial charge in [-0.2, -0.15) is 0 Å². The van der Waals surface area contributed by atoms with Gasteiger partial charge in [-0.25, -0.2) is 0 Å². The summed E-state index contributed by atoms with van der Waals surface area (Å²) in [4.78, 5) is 4.25. The van der Waals surface area contributed by atoms with Gasteiger partial charge in [-0.3, -0.25) is 4.99 Å². The van der Waals surface area contributed by atoms with Crippen molar-refractivity contribution in [3.63, 3.8) is 0 Å². The van der Waals surface area contributed by atoms with E-state index in [1.54, 1.807) is 6.21 Å². The molecule has 0 fully saturated rings. The third-order valence-corrected chi connectivity index (χ3v) is 3.87. The van der Waals surface area contributed by atoms with Crippen LogP contribution in [0.2, 0.25) is 0 Å². The standard InChI is InChI=1S/C19H23NO.2ClH.Zr/c1-5-20-13-15-11-14(2)12-17(18(15)21)19(3,4)16-9-7-6-8-10-16;;;/h6-13,21H,5H2,1-4H3;2*1H;/q;;;+2/p-2. The Hall–Kier alpha value is -0.627. The average molecular weight is 444 g/mol. The van der Waals surface area contributed by atoms with E-state index in [2.05, 4.69) is 37.0 Å². The molecule has 0 amide bonds. The first-order valence-corrected chi connectivity index (χ1v) is 14.1. The number of phenolic OH excluding ortho intramolecular Hbond substituents is 1. The minimum absolute atomic E-state index is 0.258. The number of benzene rings is 2. The van der Waals surface area contributed by atoms with Crippen molar-refractivity contribution in [3.8, 4) is 5.75 Å². The fourth-order valence-electron chi connectivity index (χ4n) is 2.58. The molecule has 0 saturated carbocycles. The van der Waals surface area contributed by atoms with Crippen molar-refractivity contribution in [2.75, 3.05) is 6.54 Å². The number of hydrogen-bond donors (Lipinski definition) is 1. The topological polar surface area (TPSA) is 32.6 Å². The Kier molecular flexibility index (Phi) is 9.27. The predicted octanol–water partition coefficient (Wildman–Crippen LogP) is 5.84. The van der Waals surface area contributed by atoms with E-state index >= 15 is 0 Å². The molecule has 0 heterocycles. The number of aliphatic imine (C=N–C) groups is 1. The molecule has 5 heteroatoms. The van der Waals surface area contributed by atoms with Gasteiger partial charge in [-0.15, -0.1) is 0 Å². The number of rotatable bonds is 4. The number of aryl methyl sites for hydroxylation is 1. The fraction of sp³-hybridized carbons (Fsp3) is 0.316. The number of halogens is 2. The third kappa shape index (κ3) is 5.72. The van der Waals surface area contributed by atoms with Crippen LogP contribution in [0.4, 0.5) is 0 Å². The SMILES string of the molecule is CCN=Cc1cc(C)cc(C(C)(C)c2ccccc2)c1O.[Cl][Zr][Cl]. The second-order valence-electron chi connectivity index (χ2n) is 5.94. The summed E-state index contributed by atoms with van der Waals surface area (Å²) in [5, 5.41) is 10.6. The Bertz CT molecular complexity index is 673. The third-order valence-electron chi connectivity index (χ3n) is 3.87.